The van der Waals surface area contributed by atoms with Crippen molar-refractivity contribution in [3.8, 4) is 23.8 Å². The Morgan fingerprint density at radius 3 is 2.35 bits per heavy atom. The Hall–Kier alpha value is -2.73. The molecule has 0 saturated heterocycles. The van der Waals surface area contributed by atoms with Crippen molar-refractivity contribution >= 4 is 5.91 Å². The van der Waals surface area contributed by atoms with Crippen molar-refractivity contribution in [2.24, 2.45) is 0 Å². The Labute approximate surface area is 118 Å². The first kappa shape index (κ1) is 13.7. The predicted octanol–water partition coefficient (Wildman–Crippen LogP) is 3.23. The maximum atomic E-state index is 11.8. The molecule has 0 heterocycles. The molecule has 0 bridgehead atoms. The van der Waals surface area contributed by atoms with Gasteiger partial charge in [-0.25, -0.2) is 0 Å². The SMILES string of the molecule is C#CCCNC(=O)c1ccc(Oc2ccccc2)cc1. The highest BCUT2D eigenvalue weighted by Gasteiger charge is 2.04. The standard InChI is InChI=1S/C17H15NO2/c1-2-3-13-18-17(19)14-9-11-16(12-10-14)20-15-7-5-4-6-8-15/h1,4-12H,3,13H2,(H,18,19). The molecule has 0 spiro atoms. The van der Waals surface area contributed by atoms with Crippen molar-refractivity contribution in [3.05, 3.63) is 60.2 Å². The number of ether oxygens (including phenoxy) is 1. The molecule has 0 aliphatic rings. The lowest BCUT2D eigenvalue weighted by Crippen LogP contribution is -2.23. The predicted molar refractivity (Wildman–Crippen MR) is 78.7 cm³/mol. The molecule has 0 aliphatic carbocycles. The smallest absolute Gasteiger partial charge is 0.251 e. The van der Waals surface area contributed by atoms with E-state index in [4.69, 9.17) is 11.2 Å². The molecule has 3 nitrogen and oxygen atoms in total. The number of hydrogen-bond acceptors (Lipinski definition) is 2. The van der Waals surface area contributed by atoms with Crippen LogP contribution < -0.4 is 10.1 Å². The fourth-order valence-electron chi connectivity index (χ4n) is 1.65. The molecule has 0 radical (unpaired) electrons. The summed E-state index contributed by atoms with van der Waals surface area (Å²) in [7, 11) is 0. The molecule has 0 saturated carbocycles. The lowest BCUT2D eigenvalue weighted by molar-refractivity contribution is 0.0954. The molecule has 2 aromatic rings. The molecule has 0 atom stereocenters. The van der Waals surface area contributed by atoms with Gasteiger partial charge in [0.25, 0.3) is 5.91 Å². The maximum Gasteiger partial charge on any atom is 0.251 e. The Kier molecular flexibility index (Phi) is 4.80. The second-order valence-corrected chi connectivity index (χ2v) is 4.15. The van der Waals surface area contributed by atoms with Crippen LogP contribution in [0.5, 0.6) is 11.5 Å². The molecule has 0 aliphatic heterocycles. The molecule has 0 unspecified atom stereocenters. The Bertz CT molecular complexity index is 597. The summed E-state index contributed by atoms with van der Waals surface area (Å²) in [5.41, 5.74) is 0.586. The second-order valence-electron chi connectivity index (χ2n) is 4.15. The van der Waals surface area contributed by atoms with Crippen LogP contribution >= 0.6 is 0 Å². The van der Waals surface area contributed by atoms with E-state index in [1.807, 2.05) is 30.3 Å². The van der Waals surface area contributed by atoms with Crippen molar-refractivity contribution in [2.45, 2.75) is 6.42 Å². The fourth-order valence-corrected chi connectivity index (χ4v) is 1.65. The van der Waals surface area contributed by atoms with E-state index >= 15 is 0 Å². The summed E-state index contributed by atoms with van der Waals surface area (Å²) in [5, 5.41) is 2.75. The molecular formula is C17H15NO2. The summed E-state index contributed by atoms with van der Waals surface area (Å²) < 4.78 is 5.65. The van der Waals surface area contributed by atoms with Crippen molar-refractivity contribution in [1.82, 2.24) is 5.32 Å². The fraction of sp³-hybridized carbons (Fsp3) is 0.118. The van der Waals surface area contributed by atoms with Gasteiger partial charge < -0.3 is 10.1 Å². The van der Waals surface area contributed by atoms with Crippen LogP contribution in [0.2, 0.25) is 0 Å². The lowest BCUT2D eigenvalue weighted by atomic mass is 10.2. The number of benzene rings is 2. The van der Waals surface area contributed by atoms with Gasteiger partial charge >= 0.3 is 0 Å². The van der Waals surface area contributed by atoms with E-state index in [9.17, 15) is 4.79 Å². The van der Waals surface area contributed by atoms with Crippen LogP contribution in [0.1, 0.15) is 16.8 Å². The molecule has 2 aromatic carbocycles. The van der Waals surface area contributed by atoms with Crippen LogP contribution in [0.3, 0.4) is 0 Å². The van der Waals surface area contributed by atoms with E-state index in [0.717, 1.165) is 5.75 Å². The van der Waals surface area contributed by atoms with Gasteiger partial charge in [-0.3, -0.25) is 4.79 Å². The number of amides is 1. The van der Waals surface area contributed by atoms with Gasteiger partial charge in [-0.15, -0.1) is 12.3 Å². The van der Waals surface area contributed by atoms with Gasteiger partial charge in [0.2, 0.25) is 0 Å². The van der Waals surface area contributed by atoms with Gasteiger partial charge in [0.05, 0.1) is 0 Å². The van der Waals surface area contributed by atoms with Gasteiger partial charge in [-0.1, -0.05) is 18.2 Å². The Morgan fingerprint density at radius 1 is 1.05 bits per heavy atom. The minimum absolute atomic E-state index is 0.133. The summed E-state index contributed by atoms with van der Waals surface area (Å²) in [6.45, 7) is 0.484. The van der Waals surface area contributed by atoms with Crippen LogP contribution in [0, 0.1) is 12.3 Å². The zero-order valence-electron chi connectivity index (χ0n) is 11.0. The average Bonchev–Trinajstić information content (AvgIpc) is 2.49. The molecule has 0 fully saturated rings. The minimum Gasteiger partial charge on any atom is -0.457 e. The Balaban J connectivity index is 1.96. The van der Waals surface area contributed by atoms with Crippen molar-refractivity contribution in [3.63, 3.8) is 0 Å². The quantitative estimate of drug-likeness (QED) is 0.666. The number of hydrogen-bond donors (Lipinski definition) is 1. The Morgan fingerprint density at radius 2 is 1.70 bits per heavy atom. The number of terminal acetylenes is 1. The molecule has 20 heavy (non-hydrogen) atoms. The van der Waals surface area contributed by atoms with Crippen LogP contribution in [0.4, 0.5) is 0 Å². The lowest BCUT2D eigenvalue weighted by Gasteiger charge is -2.07. The third kappa shape index (κ3) is 3.89. The topological polar surface area (TPSA) is 38.3 Å². The summed E-state index contributed by atoms with van der Waals surface area (Å²) in [4.78, 5) is 11.8. The summed E-state index contributed by atoms with van der Waals surface area (Å²) in [5.74, 6) is 3.80. The molecule has 3 heteroatoms. The van der Waals surface area contributed by atoms with Crippen molar-refractivity contribution in [2.75, 3.05) is 6.54 Å². The van der Waals surface area contributed by atoms with Crippen LogP contribution in [0.15, 0.2) is 54.6 Å². The first-order valence-corrected chi connectivity index (χ1v) is 6.34. The van der Waals surface area contributed by atoms with E-state index < -0.39 is 0 Å². The molecule has 1 amide bonds. The van der Waals surface area contributed by atoms with E-state index in [1.165, 1.54) is 0 Å². The number of carbonyl (C=O) groups is 1. The number of rotatable bonds is 5. The zero-order valence-corrected chi connectivity index (χ0v) is 11.0. The van der Waals surface area contributed by atoms with E-state index in [1.54, 1.807) is 24.3 Å². The molecule has 100 valence electrons. The minimum atomic E-state index is -0.133. The maximum absolute atomic E-state index is 11.8. The average molecular weight is 265 g/mol. The van der Waals surface area contributed by atoms with Crippen molar-refractivity contribution in [1.29, 1.82) is 0 Å². The van der Waals surface area contributed by atoms with Gasteiger partial charge in [0, 0.05) is 18.5 Å². The number of nitrogens with one attached hydrogen (secondary N) is 1. The third-order valence-corrected chi connectivity index (χ3v) is 2.65. The molecule has 1 N–H and O–H groups in total. The second kappa shape index (κ2) is 7.01. The molecule has 2 rings (SSSR count). The largest absolute Gasteiger partial charge is 0.457 e. The van der Waals surface area contributed by atoms with Crippen LogP contribution in [-0.2, 0) is 0 Å². The summed E-state index contributed by atoms with van der Waals surface area (Å²) in [6, 6.07) is 16.5. The zero-order chi connectivity index (χ0) is 14.2. The van der Waals surface area contributed by atoms with E-state index in [0.29, 0.717) is 24.3 Å². The first-order chi connectivity index (χ1) is 9.79. The van der Waals surface area contributed by atoms with Crippen LogP contribution in [0.25, 0.3) is 0 Å². The molecular weight excluding hydrogens is 250 g/mol. The number of carbonyl (C=O) groups excluding carboxylic acids is 1. The van der Waals surface area contributed by atoms with Gasteiger partial charge in [-0.2, -0.15) is 0 Å². The normalized spacial score (nSPS) is 9.55. The molecule has 0 aromatic heterocycles. The number of para-hydroxylation sites is 1. The van der Waals surface area contributed by atoms with Crippen molar-refractivity contribution < 1.29 is 9.53 Å². The van der Waals surface area contributed by atoms with E-state index in [-0.39, 0.29) is 5.91 Å². The highest BCUT2D eigenvalue weighted by Crippen LogP contribution is 2.20. The summed E-state index contributed by atoms with van der Waals surface area (Å²) >= 11 is 0. The van der Waals surface area contributed by atoms with Gasteiger partial charge in [-0.05, 0) is 36.4 Å². The van der Waals surface area contributed by atoms with Gasteiger partial charge in [0.15, 0.2) is 0 Å². The first-order valence-electron chi connectivity index (χ1n) is 6.34. The monoisotopic (exact) mass is 265 g/mol. The van der Waals surface area contributed by atoms with Gasteiger partial charge in [0.1, 0.15) is 11.5 Å². The highest BCUT2D eigenvalue weighted by atomic mass is 16.5. The highest BCUT2D eigenvalue weighted by molar-refractivity contribution is 5.94. The summed E-state index contributed by atoms with van der Waals surface area (Å²) in [6.07, 6.45) is 5.66. The van der Waals surface area contributed by atoms with E-state index in [2.05, 4.69) is 11.2 Å². The third-order valence-electron chi connectivity index (χ3n) is 2.65. The van der Waals surface area contributed by atoms with Crippen LogP contribution in [-0.4, -0.2) is 12.5 Å².